The van der Waals surface area contributed by atoms with E-state index in [1.54, 1.807) is 0 Å². The summed E-state index contributed by atoms with van der Waals surface area (Å²) in [7, 11) is -3.98. The van der Waals surface area contributed by atoms with Crippen LogP contribution in [0.4, 0.5) is 13.2 Å². The topological polar surface area (TPSA) is 72.2 Å². The van der Waals surface area contributed by atoms with Gasteiger partial charge in [-0.2, -0.15) is 13.2 Å². The summed E-state index contributed by atoms with van der Waals surface area (Å²) in [6.45, 7) is 0.355. The van der Waals surface area contributed by atoms with Crippen molar-refractivity contribution < 1.29 is 21.6 Å². The van der Waals surface area contributed by atoms with E-state index in [4.69, 9.17) is 17.3 Å². The standard InChI is InChI=1S/C13H16ClF3N2O2S/c14-10-6-9(13(15,16)17)4-5-12(10)22(20,21)19-11-3-1-2-8(11)7-18/h4-6,8,11,19H,1-3,7,18H2. The number of nitrogens with two attached hydrogens (primary N) is 1. The van der Waals surface area contributed by atoms with Crippen molar-refractivity contribution in [2.75, 3.05) is 6.54 Å². The van der Waals surface area contributed by atoms with Gasteiger partial charge in [0.1, 0.15) is 4.90 Å². The van der Waals surface area contributed by atoms with E-state index in [2.05, 4.69) is 4.72 Å². The van der Waals surface area contributed by atoms with Crippen LogP contribution in [-0.4, -0.2) is 21.0 Å². The van der Waals surface area contributed by atoms with Crippen LogP contribution in [0.3, 0.4) is 0 Å². The molecule has 3 N–H and O–H groups in total. The first kappa shape index (κ1) is 17.5. The van der Waals surface area contributed by atoms with E-state index in [1.165, 1.54) is 0 Å². The van der Waals surface area contributed by atoms with E-state index in [1.807, 2.05) is 0 Å². The summed E-state index contributed by atoms with van der Waals surface area (Å²) in [5, 5.41) is -0.454. The monoisotopic (exact) mass is 356 g/mol. The quantitative estimate of drug-likeness (QED) is 0.871. The molecule has 0 aromatic heterocycles. The maximum atomic E-state index is 12.6. The summed E-state index contributed by atoms with van der Waals surface area (Å²) in [5.74, 6) is 0.0306. The van der Waals surface area contributed by atoms with Gasteiger partial charge in [0.15, 0.2) is 0 Å². The highest BCUT2D eigenvalue weighted by Gasteiger charge is 2.34. The molecule has 0 saturated heterocycles. The fourth-order valence-electron chi connectivity index (χ4n) is 2.63. The van der Waals surface area contributed by atoms with Crippen LogP contribution in [0.15, 0.2) is 23.1 Å². The Hall–Kier alpha value is -0.830. The molecule has 1 aromatic carbocycles. The molecule has 0 amide bonds. The summed E-state index contributed by atoms with van der Waals surface area (Å²) in [4.78, 5) is -0.357. The van der Waals surface area contributed by atoms with Gasteiger partial charge in [0, 0.05) is 6.04 Å². The Bertz CT molecular complexity index is 649. The third-order valence-electron chi connectivity index (χ3n) is 3.82. The summed E-state index contributed by atoms with van der Waals surface area (Å²) in [6.07, 6.45) is -2.24. The first-order chi connectivity index (χ1) is 10.1. The second kappa shape index (κ2) is 6.35. The van der Waals surface area contributed by atoms with E-state index < -0.39 is 26.8 Å². The summed E-state index contributed by atoms with van der Waals surface area (Å²) >= 11 is 5.73. The molecule has 2 unspecified atom stereocenters. The van der Waals surface area contributed by atoms with Gasteiger partial charge in [-0.1, -0.05) is 18.0 Å². The van der Waals surface area contributed by atoms with E-state index >= 15 is 0 Å². The molecule has 124 valence electrons. The van der Waals surface area contributed by atoms with Crippen molar-refractivity contribution in [1.29, 1.82) is 0 Å². The minimum absolute atomic E-state index is 0.0306. The van der Waals surface area contributed by atoms with Gasteiger partial charge in [-0.3, -0.25) is 0 Å². The highest BCUT2D eigenvalue weighted by Crippen LogP contribution is 2.34. The van der Waals surface area contributed by atoms with Crippen molar-refractivity contribution in [2.24, 2.45) is 11.7 Å². The third kappa shape index (κ3) is 3.73. The van der Waals surface area contributed by atoms with Crippen LogP contribution in [0.1, 0.15) is 24.8 Å². The molecule has 2 rings (SSSR count). The molecule has 1 aromatic rings. The lowest BCUT2D eigenvalue weighted by Gasteiger charge is -2.20. The number of halogens is 4. The normalized spacial score (nSPS) is 23.0. The fourth-order valence-corrected chi connectivity index (χ4v) is 4.52. The van der Waals surface area contributed by atoms with E-state index in [0.717, 1.165) is 18.9 Å². The molecule has 0 radical (unpaired) electrons. The SMILES string of the molecule is NCC1CCCC1NS(=O)(=O)c1ccc(C(F)(F)F)cc1Cl. The number of rotatable bonds is 4. The Morgan fingerprint density at radius 3 is 2.55 bits per heavy atom. The van der Waals surface area contributed by atoms with Crippen LogP contribution in [0.2, 0.25) is 5.02 Å². The largest absolute Gasteiger partial charge is 0.416 e. The van der Waals surface area contributed by atoms with E-state index in [0.29, 0.717) is 25.1 Å². The molecule has 0 spiro atoms. The molecule has 1 aliphatic carbocycles. The Balaban J connectivity index is 2.26. The van der Waals surface area contributed by atoms with Crippen molar-refractivity contribution in [3.63, 3.8) is 0 Å². The van der Waals surface area contributed by atoms with Crippen LogP contribution in [0.25, 0.3) is 0 Å². The predicted molar refractivity (Wildman–Crippen MR) is 77.0 cm³/mol. The molecule has 0 heterocycles. The molecule has 2 atom stereocenters. The van der Waals surface area contributed by atoms with Crippen LogP contribution >= 0.6 is 11.6 Å². The Morgan fingerprint density at radius 2 is 2.00 bits per heavy atom. The Kier molecular flexibility index (Phi) is 5.06. The lowest BCUT2D eigenvalue weighted by atomic mass is 10.1. The second-order valence-corrected chi connectivity index (χ2v) is 7.39. The smallest absolute Gasteiger partial charge is 0.330 e. The molecular weight excluding hydrogens is 341 g/mol. The Labute approximate surface area is 131 Å². The molecule has 1 fully saturated rings. The first-order valence-electron chi connectivity index (χ1n) is 6.74. The van der Waals surface area contributed by atoms with Gasteiger partial charge in [-0.05, 0) is 43.5 Å². The highest BCUT2D eigenvalue weighted by atomic mass is 35.5. The first-order valence-corrected chi connectivity index (χ1v) is 8.60. The average Bonchev–Trinajstić information content (AvgIpc) is 2.83. The third-order valence-corrected chi connectivity index (χ3v) is 5.79. The van der Waals surface area contributed by atoms with Crippen molar-refractivity contribution in [3.8, 4) is 0 Å². The number of sulfonamides is 1. The fraction of sp³-hybridized carbons (Fsp3) is 0.538. The van der Waals surface area contributed by atoms with E-state index in [9.17, 15) is 21.6 Å². The van der Waals surface area contributed by atoms with Gasteiger partial charge < -0.3 is 5.73 Å². The number of benzene rings is 1. The molecule has 9 heteroatoms. The van der Waals surface area contributed by atoms with Crippen LogP contribution in [-0.2, 0) is 16.2 Å². The zero-order chi connectivity index (χ0) is 16.5. The molecular formula is C13H16ClF3N2O2S. The van der Waals surface area contributed by atoms with Crippen molar-refractivity contribution >= 4 is 21.6 Å². The number of nitrogens with one attached hydrogen (secondary N) is 1. The molecule has 1 saturated carbocycles. The van der Waals surface area contributed by atoms with Crippen LogP contribution < -0.4 is 10.5 Å². The molecule has 1 aliphatic rings. The van der Waals surface area contributed by atoms with Crippen LogP contribution in [0, 0.1) is 5.92 Å². The summed E-state index contributed by atoms with van der Waals surface area (Å²) in [5.41, 5.74) is 4.60. The maximum absolute atomic E-state index is 12.6. The minimum atomic E-state index is -4.57. The van der Waals surface area contributed by atoms with Crippen molar-refractivity contribution in [1.82, 2.24) is 4.72 Å². The van der Waals surface area contributed by atoms with Gasteiger partial charge in [0.2, 0.25) is 10.0 Å². The molecule has 22 heavy (non-hydrogen) atoms. The van der Waals surface area contributed by atoms with Gasteiger partial charge in [0.05, 0.1) is 10.6 Å². The number of hydrogen-bond donors (Lipinski definition) is 2. The molecule has 0 bridgehead atoms. The summed E-state index contributed by atoms with van der Waals surface area (Å²) in [6, 6.07) is 1.88. The lowest BCUT2D eigenvalue weighted by molar-refractivity contribution is -0.137. The highest BCUT2D eigenvalue weighted by molar-refractivity contribution is 7.89. The lowest BCUT2D eigenvalue weighted by Crippen LogP contribution is -2.39. The zero-order valence-electron chi connectivity index (χ0n) is 11.5. The van der Waals surface area contributed by atoms with Crippen LogP contribution in [0.5, 0.6) is 0 Å². The van der Waals surface area contributed by atoms with Gasteiger partial charge in [-0.15, -0.1) is 0 Å². The minimum Gasteiger partial charge on any atom is -0.330 e. The number of hydrogen-bond acceptors (Lipinski definition) is 3. The summed E-state index contributed by atoms with van der Waals surface area (Å²) < 4.78 is 64.9. The van der Waals surface area contributed by atoms with Gasteiger partial charge in [-0.25, -0.2) is 13.1 Å². The second-order valence-electron chi connectivity index (χ2n) is 5.30. The molecule has 4 nitrogen and oxygen atoms in total. The van der Waals surface area contributed by atoms with Crippen molar-refractivity contribution in [3.05, 3.63) is 28.8 Å². The maximum Gasteiger partial charge on any atom is 0.416 e. The van der Waals surface area contributed by atoms with Crippen molar-refractivity contribution in [2.45, 2.75) is 36.4 Å². The number of alkyl halides is 3. The van der Waals surface area contributed by atoms with Gasteiger partial charge in [0.25, 0.3) is 0 Å². The Morgan fingerprint density at radius 1 is 1.32 bits per heavy atom. The predicted octanol–water partition coefficient (Wildman–Crippen LogP) is 2.76. The van der Waals surface area contributed by atoms with E-state index in [-0.39, 0.29) is 16.9 Å². The molecule has 0 aliphatic heterocycles. The zero-order valence-corrected chi connectivity index (χ0v) is 13.1. The van der Waals surface area contributed by atoms with Gasteiger partial charge >= 0.3 is 6.18 Å². The average molecular weight is 357 g/mol.